The minimum absolute atomic E-state index is 0.169. The molecule has 2 aliphatic rings. The van der Waals surface area contributed by atoms with Gasteiger partial charge in [0.25, 0.3) is 0 Å². The van der Waals surface area contributed by atoms with Crippen molar-refractivity contribution in [2.45, 2.75) is 13.0 Å². The average Bonchev–Trinajstić information content (AvgIpc) is 3.43. The summed E-state index contributed by atoms with van der Waals surface area (Å²) in [6.45, 7) is 1.98. The number of allylic oxidation sites excluding steroid dienone is 1. The van der Waals surface area contributed by atoms with Crippen LogP contribution in [-0.2, 0) is 4.79 Å². The zero-order valence-corrected chi connectivity index (χ0v) is 17.2. The number of carbonyl (C=O) groups is 1. The van der Waals surface area contributed by atoms with Crippen LogP contribution in [0.2, 0.25) is 0 Å². The Morgan fingerprint density at radius 1 is 1.09 bits per heavy atom. The van der Waals surface area contributed by atoms with E-state index in [2.05, 4.69) is 17.4 Å². The van der Waals surface area contributed by atoms with E-state index < -0.39 is 11.9 Å². The van der Waals surface area contributed by atoms with Crippen molar-refractivity contribution in [2.75, 3.05) is 12.1 Å². The van der Waals surface area contributed by atoms with Gasteiger partial charge in [-0.25, -0.2) is 4.68 Å². The highest BCUT2D eigenvalue weighted by atomic mass is 16.7. The molecule has 0 saturated carbocycles. The van der Waals surface area contributed by atoms with Gasteiger partial charge < -0.3 is 20.5 Å². The Balaban J connectivity index is 1.54. The molecule has 1 aromatic heterocycles. The molecular formula is C24H19N5O3. The molecule has 8 heteroatoms. The molecule has 2 aliphatic heterocycles. The van der Waals surface area contributed by atoms with Crippen molar-refractivity contribution >= 4 is 22.6 Å². The van der Waals surface area contributed by atoms with Crippen LogP contribution in [0.25, 0.3) is 22.2 Å². The smallest absolute Gasteiger partial charge is 0.248 e. The van der Waals surface area contributed by atoms with Gasteiger partial charge in [-0.15, -0.1) is 5.10 Å². The number of ether oxygens (including phenoxy) is 2. The summed E-state index contributed by atoms with van der Waals surface area (Å²) in [5, 5.41) is 10.2. The highest BCUT2D eigenvalue weighted by molar-refractivity contribution is 5.96. The molecule has 1 atom stereocenters. The molecule has 1 amide bonds. The van der Waals surface area contributed by atoms with Gasteiger partial charge >= 0.3 is 0 Å². The lowest BCUT2D eigenvalue weighted by atomic mass is 9.95. The molecular weight excluding hydrogens is 406 g/mol. The number of aromatic nitrogens is 3. The van der Waals surface area contributed by atoms with Gasteiger partial charge in [-0.2, -0.15) is 4.98 Å². The highest BCUT2D eigenvalue weighted by Gasteiger charge is 2.34. The molecule has 3 N–H and O–H groups in total. The number of nitrogens with two attached hydrogens (primary N) is 1. The number of benzene rings is 3. The van der Waals surface area contributed by atoms with Crippen LogP contribution in [0.4, 0.5) is 5.95 Å². The first-order valence-electron chi connectivity index (χ1n) is 10.2. The maximum absolute atomic E-state index is 12.5. The fourth-order valence-electron chi connectivity index (χ4n) is 4.40. The van der Waals surface area contributed by atoms with Crippen LogP contribution in [0.5, 0.6) is 11.5 Å². The summed E-state index contributed by atoms with van der Waals surface area (Å²) >= 11 is 0. The fraction of sp³-hybridized carbons (Fsp3) is 0.125. The summed E-state index contributed by atoms with van der Waals surface area (Å²) in [7, 11) is 0. The minimum atomic E-state index is -0.547. The van der Waals surface area contributed by atoms with Crippen LogP contribution >= 0.6 is 0 Å². The van der Waals surface area contributed by atoms with E-state index in [1.807, 2.05) is 55.5 Å². The van der Waals surface area contributed by atoms with Gasteiger partial charge in [0.15, 0.2) is 17.3 Å². The Hall–Kier alpha value is -4.33. The van der Waals surface area contributed by atoms with Crippen LogP contribution in [0.1, 0.15) is 18.5 Å². The molecule has 4 aromatic rings. The van der Waals surface area contributed by atoms with Gasteiger partial charge in [0.2, 0.25) is 18.6 Å². The van der Waals surface area contributed by atoms with E-state index in [9.17, 15) is 4.79 Å². The van der Waals surface area contributed by atoms with Gasteiger partial charge in [-0.05, 0) is 35.4 Å². The van der Waals surface area contributed by atoms with Gasteiger partial charge in [0, 0.05) is 11.3 Å². The van der Waals surface area contributed by atoms with Crippen LogP contribution in [0.3, 0.4) is 0 Å². The molecule has 158 valence electrons. The summed E-state index contributed by atoms with van der Waals surface area (Å²) in [6.07, 6.45) is 0. The Morgan fingerprint density at radius 2 is 1.91 bits per heavy atom. The quantitative estimate of drug-likeness (QED) is 0.520. The molecule has 0 spiro atoms. The number of rotatable bonds is 3. The van der Waals surface area contributed by atoms with E-state index >= 15 is 0 Å². The van der Waals surface area contributed by atoms with Crippen molar-refractivity contribution in [1.29, 1.82) is 0 Å². The lowest BCUT2D eigenvalue weighted by Gasteiger charge is -2.27. The van der Waals surface area contributed by atoms with Crippen molar-refractivity contribution in [3.8, 4) is 22.9 Å². The first-order chi connectivity index (χ1) is 15.6. The van der Waals surface area contributed by atoms with Crippen LogP contribution < -0.4 is 20.5 Å². The van der Waals surface area contributed by atoms with E-state index in [1.54, 1.807) is 4.68 Å². The van der Waals surface area contributed by atoms with Gasteiger partial charge in [-0.3, -0.25) is 4.79 Å². The number of hydrogen-bond acceptors (Lipinski definition) is 6. The topological polar surface area (TPSA) is 104 Å². The van der Waals surface area contributed by atoms with Crippen molar-refractivity contribution in [2.24, 2.45) is 5.73 Å². The molecule has 8 nitrogen and oxygen atoms in total. The maximum Gasteiger partial charge on any atom is 0.248 e. The first kappa shape index (κ1) is 18.4. The molecule has 0 radical (unpaired) electrons. The normalized spacial score (nSPS) is 16.7. The Bertz CT molecular complexity index is 1430. The van der Waals surface area contributed by atoms with E-state index in [1.165, 1.54) is 0 Å². The zero-order valence-electron chi connectivity index (χ0n) is 17.2. The van der Waals surface area contributed by atoms with Crippen LogP contribution in [-0.4, -0.2) is 27.5 Å². The molecule has 0 saturated heterocycles. The third kappa shape index (κ3) is 2.73. The second kappa shape index (κ2) is 6.84. The summed E-state index contributed by atoms with van der Waals surface area (Å²) in [4.78, 5) is 17.2. The van der Waals surface area contributed by atoms with Gasteiger partial charge in [0.1, 0.15) is 6.04 Å². The molecule has 6 rings (SSSR count). The predicted molar refractivity (Wildman–Crippen MR) is 119 cm³/mol. The van der Waals surface area contributed by atoms with E-state index in [0.29, 0.717) is 34.5 Å². The van der Waals surface area contributed by atoms with Crippen LogP contribution in [0, 0.1) is 0 Å². The third-order valence-corrected chi connectivity index (χ3v) is 5.86. The lowest BCUT2D eigenvalue weighted by molar-refractivity contribution is -0.115. The molecule has 0 bridgehead atoms. The summed E-state index contributed by atoms with van der Waals surface area (Å²) < 4.78 is 12.7. The standard InChI is InChI=1S/C24H19N5O3/c1-13-20(22(25)30)21(15-9-10-18-19(11-15)32-12-31-18)29-24(26-13)27-23(28-29)17-8-4-6-14-5-2-3-7-16(14)17/h2-11,21H,12H2,1H3,(H2,25,30)(H,26,27,28). The van der Waals surface area contributed by atoms with Gasteiger partial charge in [-0.1, -0.05) is 48.5 Å². The summed E-state index contributed by atoms with van der Waals surface area (Å²) in [6, 6.07) is 19.2. The highest BCUT2D eigenvalue weighted by Crippen LogP contribution is 2.41. The fourth-order valence-corrected chi connectivity index (χ4v) is 4.40. The number of amides is 1. The summed E-state index contributed by atoms with van der Waals surface area (Å²) in [5.74, 6) is 1.87. The van der Waals surface area contributed by atoms with Crippen molar-refractivity contribution < 1.29 is 14.3 Å². The Kier molecular flexibility index (Phi) is 3.94. The summed E-state index contributed by atoms with van der Waals surface area (Å²) in [5.41, 5.74) is 8.58. The molecule has 0 aliphatic carbocycles. The average molecular weight is 425 g/mol. The Labute approximate surface area is 183 Å². The zero-order chi connectivity index (χ0) is 21.8. The van der Waals surface area contributed by atoms with Crippen LogP contribution in [0.15, 0.2) is 71.9 Å². The number of hydrogen-bond donors (Lipinski definition) is 2. The van der Waals surface area contributed by atoms with E-state index in [0.717, 1.165) is 21.9 Å². The lowest BCUT2D eigenvalue weighted by Crippen LogP contribution is -2.31. The minimum Gasteiger partial charge on any atom is -0.454 e. The SMILES string of the molecule is CC1=C(C(N)=O)C(c2ccc3c(c2)OCO3)n2nc(-c3cccc4ccccc34)nc2N1. The van der Waals surface area contributed by atoms with Crippen molar-refractivity contribution in [3.05, 3.63) is 77.5 Å². The molecule has 1 unspecified atom stereocenters. The number of carbonyl (C=O) groups excluding carboxylic acids is 1. The third-order valence-electron chi connectivity index (χ3n) is 5.86. The molecule has 0 fully saturated rings. The van der Waals surface area contributed by atoms with E-state index in [-0.39, 0.29) is 6.79 Å². The number of fused-ring (bicyclic) bond motifs is 3. The van der Waals surface area contributed by atoms with Gasteiger partial charge in [0.05, 0.1) is 5.57 Å². The number of nitrogens with one attached hydrogen (secondary N) is 1. The number of nitrogens with zero attached hydrogens (tertiary/aromatic N) is 3. The Morgan fingerprint density at radius 3 is 2.78 bits per heavy atom. The first-order valence-corrected chi connectivity index (χ1v) is 10.2. The largest absolute Gasteiger partial charge is 0.454 e. The van der Waals surface area contributed by atoms with E-state index in [4.69, 9.17) is 25.3 Å². The molecule has 3 heterocycles. The molecule has 32 heavy (non-hydrogen) atoms. The predicted octanol–water partition coefficient (Wildman–Crippen LogP) is 3.60. The maximum atomic E-state index is 12.5. The van der Waals surface area contributed by atoms with Crippen molar-refractivity contribution in [3.63, 3.8) is 0 Å². The second-order valence-corrected chi connectivity index (χ2v) is 7.77. The second-order valence-electron chi connectivity index (χ2n) is 7.77. The van der Waals surface area contributed by atoms with Crippen molar-refractivity contribution in [1.82, 2.24) is 14.8 Å². The molecule has 3 aromatic carbocycles. The monoisotopic (exact) mass is 425 g/mol. The number of primary amides is 1. The number of anilines is 1.